The molecule has 2 heterocycles. The lowest BCUT2D eigenvalue weighted by atomic mass is 9.85. The number of aryl methyl sites for hydroxylation is 2. The van der Waals surface area contributed by atoms with E-state index in [2.05, 4.69) is 21.7 Å². The lowest BCUT2D eigenvalue weighted by Gasteiger charge is -2.35. The normalized spacial score (nSPS) is 17.1. The Morgan fingerprint density at radius 2 is 1.75 bits per heavy atom. The maximum absolute atomic E-state index is 14.0. The molecule has 0 bridgehead atoms. The molecule has 3 aromatic rings. The number of hydrogen-bond acceptors (Lipinski definition) is 9. The molecular formula is C41H59ClN6O6S. The number of likely N-dealkylation sites (tertiary alicyclic amines) is 1. The second kappa shape index (κ2) is 20.8. The number of rotatable bonds is 18. The number of nitrogens with one attached hydrogen (secondary N) is 2. The van der Waals surface area contributed by atoms with Crippen molar-refractivity contribution in [2.24, 2.45) is 16.9 Å². The number of unbranched alkanes of at least 4 members (excludes halogenated alkanes) is 2. The summed E-state index contributed by atoms with van der Waals surface area (Å²) in [6.07, 6.45) is 3.38. The first kappa shape index (κ1) is 45.4. The molecule has 1 aliphatic heterocycles. The molecule has 1 aliphatic rings. The van der Waals surface area contributed by atoms with Crippen molar-refractivity contribution in [3.05, 3.63) is 70.4 Å². The number of carbonyl (C=O) groups excluding carboxylic acids is 4. The van der Waals surface area contributed by atoms with Crippen molar-refractivity contribution in [3.8, 4) is 16.2 Å². The number of aromatic nitrogens is 1. The zero-order chi connectivity index (χ0) is 39.6. The van der Waals surface area contributed by atoms with Crippen LogP contribution in [0.15, 0.2) is 48.0 Å². The van der Waals surface area contributed by atoms with Crippen LogP contribution in [0.1, 0.15) is 101 Å². The predicted molar refractivity (Wildman–Crippen MR) is 219 cm³/mol. The lowest BCUT2D eigenvalue weighted by Crippen LogP contribution is -2.57. The first-order valence-electron chi connectivity index (χ1n) is 18.9. The summed E-state index contributed by atoms with van der Waals surface area (Å²) >= 11 is 1.58. The van der Waals surface area contributed by atoms with E-state index >= 15 is 0 Å². The molecule has 1 aromatic heterocycles. The van der Waals surface area contributed by atoms with E-state index in [0.29, 0.717) is 19.4 Å². The molecule has 12 nitrogen and oxygen atoms in total. The highest BCUT2D eigenvalue weighted by molar-refractivity contribution is 7.13. The van der Waals surface area contributed by atoms with Crippen LogP contribution >= 0.6 is 23.7 Å². The van der Waals surface area contributed by atoms with Gasteiger partial charge in [-0.2, -0.15) is 0 Å². The number of carbonyl (C=O) groups is 4. The van der Waals surface area contributed by atoms with Crippen LogP contribution in [0.2, 0.25) is 0 Å². The molecule has 4 amide bonds. The largest absolute Gasteiger partial charge is 0.492 e. The Kier molecular flexibility index (Phi) is 17.1. The number of amides is 4. The highest BCUT2D eigenvalue weighted by atomic mass is 35.5. The van der Waals surface area contributed by atoms with Crippen LogP contribution in [0, 0.1) is 19.3 Å². The summed E-state index contributed by atoms with van der Waals surface area (Å²) < 4.78 is 5.93. The van der Waals surface area contributed by atoms with E-state index in [9.17, 15) is 24.3 Å². The number of aliphatic hydroxyl groups is 1. The van der Waals surface area contributed by atoms with Crippen LogP contribution in [0.25, 0.3) is 10.4 Å². The Morgan fingerprint density at radius 3 is 2.38 bits per heavy atom. The summed E-state index contributed by atoms with van der Waals surface area (Å²) in [4.78, 5) is 58.7. The second-order valence-corrected chi connectivity index (χ2v) is 16.4. The summed E-state index contributed by atoms with van der Waals surface area (Å²) in [6, 6.07) is 11.5. The standard InChI is InChI=1S/C41H58N6O6S.ClH/c1-25-28(12-10-13-34(25)53-23-31(42)19-20-35(43)49)11-8-7-9-14-36(50)46-38(41(4,5)6)40(52)47-22-32(48)21-33(47)39(51)45-26(2)29-15-17-30(18-16-29)37-27(3)44-24-54-37;/h10,12-13,15-18,24,26,31-33,38,48H,7-9,11,14,19-23,42H2,1-6H3,(H2,43,49)(H,45,51)(H,46,50);1H/t26-,31-,32+,33-,38+;/m0./s1. The first-order chi connectivity index (χ1) is 25.5. The minimum absolute atomic E-state index is 0. The number of primary amides is 1. The third-order valence-corrected chi connectivity index (χ3v) is 11.0. The lowest BCUT2D eigenvalue weighted by molar-refractivity contribution is -0.144. The number of benzene rings is 2. The van der Waals surface area contributed by atoms with Crippen LogP contribution in [0.4, 0.5) is 0 Å². The van der Waals surface area contributed by atoms with Crippen LogP contribution in [-0.4, -0.2) is 76.0 Å². The summed E-state index contributed by atoms with van der Waals surface area (Å²) in [5.41, 5.74) is 17.6. The zero-order valence-electron chi connectivity index (χ0n) is 32.9. The van der Waals surface area contributed by atoms with Gasteiger partial charge in [0.05, 0.1) is 28.2 Å². The number of nitrogens with zero attached hydrogens (tertiary/aromatic N) is 2. The van der Waals surface area contributed by atoms with E-state index in [-0.39, 0.29) is 73.9 Å². The Balaban J connectivity index is 0.00000812. The van der Waals surface area contributed by atoms with E-state index in [1.54, 1.807) is 11.3 Å². The van der Waals surface area contributed by atoms with Gasteiger partial charge in [-0.05, 0) is 80.2 Å². The Bertz CT molecular complexity index is 1750. The van der Waals surface area contributed by atoms with Crippen LogP contribution < -0.4 is 26.8 Å². The second-order valence-electron chi connectivity index (χ2n) is 15.6. The van der Waals surface area contributed by atoms with Crippen LogP contribution in [0.5, 0.6) is 5.75 Å². The van der Waals surface area contributed by atoms with Crippen molar-refractivity contribution >= 4 is 47.4 Å². The van der Waals surface area contributed by atoms with Crippen molar-refractivity contribution < 1.29 is 29.0 Å². The summed E-state index contributed by atoms with van der Waals surface area (Å²) in [5.74, 6) is -0.574. The molecule has 1 saturated heterocycles. The third-order valence-electron chi connectivity index (χ3n) is 10.0. The van der Waals surface area contributed by atoms with E-state index in [1.807, 2.05) is 83.5 Å². The monoisotopic (exact) mass is 798 g/mol. The average molecular weight is 799 g/mol. The van der Waals surface area contributed by atoms with Crippen molar-refractivity contribution in [3.63, 3.8) is 0 Å². The molecular weight excluding hydrogens is 740 g/mol. The Labute approximate surface area is 335 Å². The SMILES string of the molecule is Cc1ncsc1-c1ccc([C@H](C)NC(=O)[C@@H]2C[C@@H](O)CN2C(=O)[C@@H](NC(=O)CCCCCc2cccc(OC[C@@H](N)CCC(N)=O)c2C)C(C)(C)C)cc1.Cl. The van der Waals surface area contributed by atoms with Gasteiger partial charge in [-0.25, -0.2) is 4.98 Å². The van der Waals surface area contributed by atoms with E-state index in [1.165, 1.54) is 4.90 Å². The third kappa shape index (κ3) is 13.0. The minimum Gasteiger partial charge on any atom is -0.492 e. The predicted octanol–water partition coefficient (Wildman–Crippen LogP) is 5.29. The van der Waals surface area contributed by atoms with Crippen molar-refractivity contribution in [2.45, 2.75) is 123 Å². The van der Waals surface area contributed by atoms with Gasteiger partial charge in [0.2, 0.25) is 23.6 Å². The molecule has 0 unspecified atom stereocenters. The van der Waals surface area contributed by atoms with Gasteiger partial charge in [0.15, 0.2) is 0 Å². The fourth-order valence-electron chi connectivity index (χ4n) is 6.72. The van der Waals surface area contributed by atoms with E-state index in [0.717, 1.165) is 57.8 Å². The number of β-amino-alcohol motifs (C(OH)–C–C–N with tert-alkyl or cyclic N) is 1. The average Bonchev–Trinajstić information content (AvgIpc) is 3.74. The number of nitrogens with two attached hydrogens (primary N) is 2. The van der Waals surface area contributed by atoms with E-state index < -0.39 is 23.6 Å². The molecule has 2 aromatic carbocycles. The van der Waals surface area contributed by atoms with Gasteiger partial charge in [-0.15, -0.1) is 23.7 Å². The van der Waals surface area contributed by atoms with Gasteiger partial charge in [-0.3, -0.25) is 19.2 Å². The molecule has 7 N–H and O–H groups in total. The summed E-state index contributed by atoms with van der Waals surface area (Å²) in [6.45, 7) is 11.8. The first-order valence-corrected chi connectivity index (χ1v) is 19.8. The van der Waals surface area contributed by atoms with Crippen molar-refractivity contribution in [1.82, 2.24) is 20.5 Å². The molecule has 55 heavy (non-hydrogen) atoms. The van der Waals surface area contributed by atoms with Gasteiger partial charge in [0.25, 0.3) is 0 Å². The molecule has 302 valence electrons. The fourth-order valence-corrected chi connectivity index (χ4v) is 7.53. The molecule has 4 rings (SSSR count). The zero-order valence-corrected chi connectivity index (χ0v) is 34.6. The highest BCUT2D eigenvalue weighted by Gasteiger charge is 2.44. The summed E-state index contributed by atoms with van der Waals surface area (Å²) in [7, 11) is 0. The molecule has 0 spiro atoms. The number of ether oxygens (including phenoxy) is 1. The molecule has 0 radical (unpaired) electrons. The maximum Gasteiger partial charge on any atom is 0.246 e. The number of thiazole rings is 1. The fraction of sp³-hybridized carbons (Fsp3) is 0.537. The molecule has 0 saturated carbocycles. The smallest absolute Gasteiger partial charge is 0.246 e. The Morgan fingerprint density at radius 1 is 1.04 bits per heavy atom. The Hall–Kier alpha value is -4.04. The molecule has 0 aliphatic carbocycles. The summed E-state index contributed by atoms with van der Waals surface area (Å²) in [5, 5.41) is 16.6. The van der Waals surface area contributed by atoms with E-state index in [4.69, 9.17) is 16.2 Å². The van der Waals surface area contributed by atoms with Crippen LogP contribution in [-0.2, 0) is 25.6 Å². The highest BCUT2D eigenvalue weighted by Crippen LogP contribution is 2.30. The van der Waals surface area contributed by atoms with Gasteiger partial charge >= 0.3 is 0 Å². The van der Waals surface area contributed by atoms with Gasteiger partial charge in [-0.1, -0.05) is 63.6 Å². The van der Waals surface area contributed by atoms with Gasteiger partial charge in [0, 0.05) is 31.8 Å². The molecule has 14 heteroatoms. The number of aliphatic hydroxyl groups excluding tert-OH is 1. The van der Waals surface area contributed by atoms with Crippen molar-refractivity contribution in [1.29, 1.82) is 0 Å². The quantitative estimate of drug-likeness (QED) is 0.107. The number of hydrogen-bond donors (Lipinski definition) is 5. The molecule has 1 fully saturated rings. The topological polar surface area (TPSA) is 190 Å². The number of halogens is 1. The van der Waals surface area contributed by atoms with Crippen molar-refractivity contribution in [2.75, 3.05) is 13.2 Å². The van der Waals surface area contributed by atoms with Gasteiger partial charge in [0.1, 0.15) is 24.4 Å². The maximum atomic E-state index is 14.0. The van der Waals surface area contributed by atoms with Crippen LogP contribution in [0.3, 0.4) is 0 Å². The molecule has 5 atom stereocenters. The minimum atomic E-state index is -0.875. The van der Waals surface area contributed by atoms with Gasteiger partial charge < -0.3 is 36.8 Å².